The van der Waals surface area contributed by atoms with Crippen LogP contribution in [-0.2, 0) is 0 Å². The highest BCUT2D eigenvalue weighted by Gasteiger charge is 2.17. The van der Waals surface area contributed by atoms with E-state index in [0.717, 1.165) is 44.2 Å². The molecule has 7 heteroatoms. The molecule has 0 aliphatic carbocycles. The van der Waals surface area contributed by atoms with E-state index in [1.54, 1.807) is 6.07 Å². The number of rotatable bonds is 5. The molecule has 0 aliphatic rings. The zero-order chi connectivity index (χ0) is 27.1. The lowest BCUT2D eigenvalue weighted by Gasteiger charge is -2.11. The molecule has 7 aromatic rings. The number of hydrogen-bond donors (Lipinski definition) is 2. The Morgan fingerprint density at radius 3 is 1.55 bits per heavy atom. The van der Waals surface area contributed by atoms with Crippen molar-refractivity contribution in [3.63, 3.8) is 0 Å². The topological polar surface area (TPSA) is 84.1 Å². The first kappa shape index (κ1) is 24.0. The summed E-state index contributed by atoms with van der Waals surface area (Å²) in [4.78, 5) is 14.5. The molecular weight excluding hydrogens is 495 g/mol. The average Bonchev–Trinajstić information content (AvgIpc) is 3.35. The van der Waals surface area contributed by atoms with Crippen molar-refractivity contribution in [1.82, 2.24) is 19.5 Å². The second-order valence-electron chi connectivity index (χ2n) is 9.59. The van der Waals surface area contributed by atoms with Crippen molar-refractivity contribution in [1.29, 1.82) is 0 Å². The maximum atomic E-state index is 9.82. The molecule has 40 heavy (non-hydrogen) atoms. The number of aromatic nitrogens is 4. The van der Waals surface area contributed by atoms with E-state index < -0.39 is 7.12 Å². The molecule has 2 heterocycles. The molecule has 5 aromatic carbocycles. The standard InChI is InChI=1S/C33H23BN4O2/c39-34(40)25-17-20-28-27-13-7-8-14-29(27)38(30(28)21-25)26-18-15-24(16-19-26)33-36-31(22-9-3-1-4-10-22)35-32(37-33)23-11-5-2-6-12-23/h1-21,39-40H. The fourth-order valence-electron chi connectivity index (χ4n) is 5.12. The molecule has 190 valence electrons. The Hall–Kier alpha value is -5.11. The number of fused-ring (bicyclic) bond motifs is 3. The molecule has 6 nitrogen and oxygen atoms in total. The summed E-state index contributed by atoms with van der Waals surface area (Å²) in [5, 5.41) is 21.8. The zero-order valence-electron chi connectivity index (χ0n) is 21.4. The maximum absolute atomic E-state index is 9.82. The zero-order valence-corrected chi connectivity index (χ0v) is 21.4. The number of para-hydroxylation sites is 1. The van der Waals surface area contributed by atoms with Gasteiger partial charge < -0.3 is 14.6 Å². The van der Waals surface area contributed by atoms with Crippen molar-refractivity contribution in [2.24, 2.45) is 0 Å². The Morgan fingerprint density at radius 2 is 0.975 bits per heavy atom. The van der Waals surface area contributed by atoms with E-state index in [9.17, 15) is 10.0 Å². The van der Waals surface area contributed by atoms with Gasteiger partial charge in [0.25, 0.3) is 0 Å². The van der Waals surface area contributed by atoms with Crippen LogP contribution in [-0.4, -0.2) is 36.7 Å². The maximum Gasteiger partial charge on any atom is 0.488 e. The summed E-state index contributed by atoms with van der Waals surface area (Å²) >= 11 is 0. The molecule has 0 saturated heterocycles. The predicted molar refractivity (Wildman–Crippen MR) is 160 cm³/mol. The van der Waals surface area contributed by atoms with Crippen LogP contribution in [0, 0.1) is 0 Å². The van der Waals surface area contributed by atoms with E-state index in [2.05, 4.69) is 16.7 Å². The molecule has 7 rings (SSSR count). The third-order valence-corrected chi connectivity index (χ3v) is 7.08. The van der Waals surface area contributed by atoms with Crippen molar-refractivity contribution in [2.75, 3.05) is 0 Å². The van der Waals surface area contributed by atoms with Crippen molar-refractivity contribution in [3.05, 3.63) is 127 Å². The van der Waals surface area contributed by atoms with Crippen LogP contribution in [0.4, 0.5) is 0 Å². The van der Waals surface area contributed by atoms with Crippen molar-refractivity contribution in [2.45, 2.75) is 0 Å². The van der Waals surface area contributed by atoms with E-state index in [-0.39, 0.29) is 0 Å². The summed E-state index contributed by atoms with van der Waals surface area (Å²) in [5.41, 5.74) is 6.04. The van der Waals surface area contributed by atoms with Gasteiger partial charge in [-0.25, -0.2) is 15.0 Å². The van der Waals surface area contributed by atoms with E-state index >= 15 is 0 Å². The van der Waals surface area contributed by atoms with Gasteiger partial charge in [-0.05, 0) is 41.9 Å². The van der Waals surface area contributed by atoms with Gasteiger partial charge in [-0.15, -0.1) is 0 Å². The molecule has 0 aliphatic heterocycles. The van der Waals surface area contributed by atoms with Crippen LogP contribution in [0.1, 0.15) is 0 Å². The molecule has 0 saturated carbocycles. The third-order valence-electron chi connectivity index (χ3n) is 7.08. The van der Waals surface area contributed by atoms with E-state index in [4.69, 9.17) is 15.0 Å². The van der Waals surface area contributed by atoms with Gasteiger partial charge in [0.1, 0.15) is 0 Å². The average molecular weight is 518 g/mol. The van der Waals surface area contributed by atoms with Crippen LogP contribution in [0.3, 0.4) is 0 Å². The lowest BCUT2D eigenvalue weighted by molar-refractivity contribution is 0.426. The fraction of sp³-hybridized carbons (Fsp3) is 0. The molecule has 0 radical (unpaired) electrons. The molecule has 2 aromatic heterocycles. The van der Waals surface area contributed by atoms with Gasteiger partial charge >= 0.3 is 7.12 Å². The summed E-state index contributed by atoms with van der Waals surface area (Å²) in [7, 11) is -1.54. The summed E-state index contributed by atoms with van der Waals surface area (Å²) in [5.74, 6) is 1.82. The molecule has 0 amide bonds. The second kappa shape index (κ2) is 9.89. The first-order chi connectivity index (χ1) is 19.7. The van der Waals surface area contributed by atoms with E-state index in [1.165, 1.54) is 0 Å². The minimum atomic E-state index is -1.54. The van der Waals surface area contributed by atoms with Gasteiger partial charge in [0, 0.05) is 33.2 Å². The van der Waals surface area contributed by atoms with Gasteiger partial charge in [0.2, 0.25) is 0 Å². The number of benzene rings is 5. The Balaban J connectivity index is 1.37. The molecule has 2 N–H and O–H groups in total. The van der Waals surface area contributed by atoms with Crippen molar-refractivity contribution in [3.8, 4) is 39.9 Å². The smallest absolute Gasteiger partial charge is 0.423 e. The van der Waals surface area contributed by atoms with Crippen LogP contribution >= 0.6 is 0 Å². The highest BCUT2D eigenvalue weighted by Crippen LogP contribution is 2.32. The Bertz CT molecular complexity index is 1910. The second-order valence-corrected chi connectivity index (χ2v) is 9.59. The van der Waals surface area contributed by atoms with Crippen LogP contribution in [0.2, 0.25) is 0 Å². The van der Waals surface area contributed by atoms with Gasteiger partial charge in [-0.3, -0.25) is 0 Å². The van der Waals surface area contributed by atoms with E-state index in [1.807, 2.05) is 109 Å². The first-order valence-corrected chi connectivity index (χ1v) is 13.0. The van der Waals surface area contributed by atoms with E-state index in [0.29, 0.717) is 22.9 Å². The quantitative estimate of drug-likeness (QED) is 0.288. The Morgan fingerprint density at radius 1 is 0.475 bits per heavy atom. The number of nitrogens with zero attached hydrogens (tertiary/aromatic N) is 4. The minimum Gasteiger partial charge on any atom is -0.423 e. The lowest BCUT2D eigenvalue weighted by atomic mass is 9.80. The van der Waals surface area contributed by atoms with Gasteiger partial charge in [-0.2, -0.15) is 0 Å². The third kappa shape index (κ3) is 4.23. The molecule has 0 spiro atoms. The largest absolute Gasteiger partial charge is 0.488 e. The van der Waals surface area contributed by atoms with Gasteiger partial charge in [0.15, 0.2) is 17.5 Å². The van der Waals surface area contributed by atoms with Crippen LogP contribution < -0.4 is 5.46 Å². The molecular formula is C33H23BN4O2. The predicted octanol–water partition coefficient (Wildman–Crippen LogP) is 5.65. The van der Waals surface area contributed by atoms with Gasteiger partial charge in [0.05, 0.1) is 11.0 Å². The molecule has 0 unspecified atom stereocenters. The monoisotopic (exact) mass is 518 g/mol. The number of hydrogen-bond acceptors (Lipinski definition) is 5. The summed E-state index contributed by atoms with van der Waals surface area (Å²) in [6.45, 7) is 0. The minimum absolute atomic E-state index is 0.445. The van der Waals surface area contributed by atoms with Crippen LogP contribution in [0.5, 0.6) is 0 Å². The summed E-state index contributed by atoms with van der Waals surface area (Å²) in [6.07, 6.45) is 0. The van der Waals surface area contributed by atoms with Gasteiger partial charge in [-0.1, -0.05) is 91.0 Å². The lowest BCUT2D eigenvalue weighted by Crippen LogP contribution is -2.29. The highest BCUT2D eigenvalue weighted by atomic mass is 16.4. The highest BCUT2D eigenvalue weighted by molar-refractivity contribution is 6.59. The molecule has 0 bridgehead atoms. The molecule has 0 fully saturated rings. The van der Waals surface area contributed by atoms with Crippen molar-refractivity contribution >= 4 is 34.4 Å². The SMILES string of the molecule is OB(O)c1ccc2c3ccccc3n(-c3ccc(-c4nc(-c5ccccc5)nc(-c5ccccc5)n4)cc3)c2c1. The van der Waals surface area contributed by atoms with Crippen molar-refractivity contribution < 1.29 is 10.0 Å². The Labute approximate surface area is 231 Å². The first-order valence-electron chi connectivity index (χ1n) is 13.0. The van der Waals surface area contributed by atoms with Crippen LogP contribution in [0.15, 0.2) is 127 Å². The summed E-state index contributed by atoms with van der Waals surface area (Å²) < 4.78 is 2.14. The molecule has 0 atom stereocenters. The summed E-state index contributed by atoms with van der Waals surface area (Å²) in [6, 6.07) is 41.6. The normalized spacial score (nSPS) is 11.2. The van der Waals surface area contributed by atoms with Crippen LogP contribution in [0.25, 0.3) is 61.7 Å². The Kier molecular flexibility index (Phi) is 5.93. The fourth-order valence-corrected chi connectivity index (χ4v) is 5.12.